The van der Waals surface area contributed by atoms with Gasteiger partial charge in [-0.15, -0.1) is 11.3 Å². The topological polar surface area (TPSA) is 33.2 Å². The maximum Gasteiger partial charge on any atom is 0.266 e. The van der Waals surface area contributed by atoms with Gasteiger partial charge in [0.1, 0.15) is 4.88 Å². The molecule has 0 atom stereocenters. The molecule has 0 aliphatic carbocycles. The number of thiazole rings is 1. The summed E-state index contributed by atoms with van der Waals surface area (Å²) in [4.78, 5) is 18.7. The van der Waals surface area contributed by atoms with Gasteiger partial charge in [0.2, 0.25) is 0 Å². The Kier molecular flexibility index (Phi) is 2.31. The molecule has 1 aliphatic rings. The predicted molar refractivity (Wildman–Crippen MR) is 59.8 cm³/mol. The Labute approximate surface area is 94.3 Å². The molecule has 2 rings (SSSR count). The van der Waals surface area contributed by atoms with Crippen LogP contribution in [0, 0.1) is 3.01 Å². The average Bonchev–Trinajstić information content (AvgIpc) is 2.51. The van der Waals surface area contributed by atoms with Crippen molar-refractivity contribution < 1.29 is 4.79 Å². The molecular weight excluding hydrogens is 299 g/mol. The van der Waals surface area contributed by atoms with E-state index < -0.39 is 0 Å². The number of nitrogens with zero attached hydrogens (tertiary/aromatic N) is 2. The average molecular weight is 308 g/mol. The molecule has 1 aliphatic heterocycles. The molecule has 3 nitrogen and oxygen atoms in total. The summed E-state index contributed by atoms with van der Waals surface area (Å²) in [5, 5.41) is 0. The fraction of sp³-hybridized carbons (Fsp3) is 0.500. The molecule has 1 aromatic heterocycles. The standard InChI is InChI=1S/C8H9IN2OS/c1-4(2)11-3-5-6(7(11)12)13-8(9)10-5/h4H,3H2,1-2H3. The molecule has 1 amide bonds. The first kappa shape index (κ1) is 9.39. The predicted octanol–water partition coefficient (Wildman–Crippen LogP) is 2.11. The van der Waals surface area contributed by atoms with Gasteiger partial charge >= 0.3 is 0 Å². The van der Waals surface area contributed by atoms with Gasteiger partial charge in [-0.25, -0.2) is 4.98 Å². The van der Waals surface area contributed by atoms with Crippen molar-refractivity contribution in [3.8, 4) is 0 Å². The lowest BCUT2D eigenvalue weighted by atomic mass is 10.3. The van der Waals surface area contributed by atoms with Crippen LogP contribution in [0.15, 0.2) is 0 Å². The molecule has 5 heteroatoms. The smallest absolute Gasteiger partial charge is 0.266 e. The molecule has 0 spiro atoms. The Morgan fingerprint density at radius 1 is 1.62 bits per heavy atom. The van der Waals surface area contributed by atoms with E-state index >= 15 is 0 Å². The molecule has 1 aromatic rings. The molecule has 0 radical (unpaired) electrons. The van der Waals surface area contributed by atoms with Crippen LogP contribution in [0.3, 0.4) is 0 Å². The molecule has 0 bridgehead atoms. The molecule has 0 unspecified atom stereocenters. The molecule has 0 fully saturated rings. The zero-order valence-electron chi connectivity index (χ0n) is 7.37. The number of rotatable bonds is 1. The fourth-order valence-electron chi connectivity index (χ4n) is 1.38. The van der Waals surface area contributed by atoms with Crippen LogP contribution in [0.5, 0.6) is 0 Å². The second kappa shape index (κ2) is 3.20. The second-order valence-corrected chi connectivity index (χ2v) is 6.02. The van der Waals surface area contributed by atoms with Gasteiger partial charge in [0.15, 0.2) is 3.01 Å². The number of carbonyl (C=O) groups is 1. The number of amides is 1. The molecule has 0 N–H and O–H groups in total. The van der Waals surface area contributed by atoms with Crippen molar-refractivity contribution in [3.05, 3.63) is 13.6 Å². The van der Waals surface area contributed by atoms with E-state index in [1.54, 1.807) is 0 Å². The first-order chi connectivity index (χ1) is 6.09. The summed E-state index contributed by atoms with van der Waals surface area (Å²) in [5.74, 6) is 0.144. The Morgan fingerprint density at radius 3 is 2.85 bits per heavy atom. The number of aromatic nitrogens is 1. The van der Waals surface area contributed by atoms with E-state index in [-0.39, 0.29) is 11.9 Å². The van der Waals surface area contributed by atoms with Gasteiger partial charge in [0, 0.05) is 6.04 Å². The van der Waals surface area contributed by atoms with Crippen LogP contribution in [-0.2, 0) is 6.54 Å². The highest BCUT2D eigenvalue weighted by Crippen LogP contribution is 2.29. The highest BCUT2D eigenvalue weighted by atomic mass is 127. The van der Waals surface area contributed by atoms with Gasteiger partial charge in [-0.2, -0.15) is 0 Å². The van der Waals surface area contributed by atoms with Crippen molar-refractivity contribution in [3.63, 3.8) is 0 Å². The van der Waals surface area contributed by atoms with Crippen molar-refractivity contribution in [1.29, 1.82) is 0 Å². The minimum absolute atomic E-state index is 0.144. The second-order valence-electron chi connectivity index (χ2n) is 3.27. The van der Waals surface area contributed by atoms with E-state index in [1.807, 2.05) is 18.7 Å². The molecule has 0 aromatic carbocycles. The number of carbonyl (C=O) groups excluding carboxylic acids is 1. The SMILES string of the molecule is CC(C)N1Cc2nc(I)sc2C1=O. The Balaban J connectivity index is 2.35. The van der Waals surface area contributed by atoms with Crippen LogP contribution < -0.4 is 0 Å². The highest BCUT2D eigenvalue weighted by molar-refractivity contribution is 14.1. The number of fused-ring (bicyclic) bond motifs is 1. The number of hydrogen-bond acceptors (Lipinski definition) is 3. The highest BCUT2D eigenvalue weighted by Gasteiger charge is 2.32. The van der Waals surface area contributed by atoms with E-state index in [0.717, 1.165) is 13.6 Å². The normalized spacial score (nSPS) is 15.7. The third-order valence-corrected chi connectivity index (χ3v) is 3.85. The summed E-state index contributed by atoms with van der Waals surface area (Å²) in [6.07, 6.45) is 0. The lowest BCUT2D eigenvalue weighted by molar-refractivity contribution is 0.0733. The van der Waals surface area contributed by atoms with E-state index in [2.05, 4.69) is 27.6 Å². The largest absolute Gasteiger partial charge is 0.330 e. The van der Waals surface area contributed by atoms with E-state index in [9.17, 15) is 4.79 Å². The maximum atomic E-state index is 11.7. The summed E-state index contributed by atoms with van der Waals surface area (Å²) < 4.78 is 0.958. The minimum atomic E-state index is 0.144. The Morgan fingerprint density at radius 2 is 2.31 bits per heavy atom. The van der Waals surface area contributed by atoms with Gasteiger partial charge in [-0.1, -0.05) is 0 Å². The van der Waals surface area contributed by atoms with Crippen molar-refractivity contribution in [2.24, 2.45) is 0 Å². The zero-order valence-corrected chi connectivity index (χ0v) is 10.3. The van der Waals surface area contributed by atoms with Crippen molar-refractivity contribution in [1.82, 2.24) is 9.88 Å². The van der Waals surface area contributed by atoms with E-state index in [0.29, 0.717) is 6.54 Å². The van der Waals surface area contributed by atoms with E-state index in [4.69, 9.17) is 0 Å². The van der Waals surface area contributed by atoms with Crippen molar-refractivity contribution in [2.75, 3.05) is 0 Å². The third kappa shape index (κ3) is 1.48. The van der Waals surface area contributed by atoms with Gasteiger partial charge in [0.05, 0.1) is 12.2 Å². The third-order valence-electron chi connectivity index (χ3n) is 2.07. The summed E-state index contributed by atoms with van der Waals surface area (Å²) in [6.45, 7) is 4.74. The zero-order chi connectivity index (χ0) is 9.59. The minimum Gasteiger partial charge on any atom is -0.330 e. The number of halogens is 1. The molecular formula is C8H9IN2OS. The van der Waals surface area contributed by atoms with Gasteiger partial charge in [-0.3, -0.25) is 4.79 Å². The van der Waals surface area contributed by atoms with Gasteiger partial charge in [0.25, 0.3) is 5.91 Å². The summed E-state index contributed by atoms with van der Waals surface area (Å²) >= 11 is 3.65. The Bertz CT molecular complexity index is 361. The molecule has 13 heavy (non-hydrogen) atoms. The lowest BCUT2D eigenvalue weighted by Crippen LogP contribution is -2.30. The van der Waals surface area contributed by atoms with Crippen molar-refractivity contribution in [2.45, 2.75) is 26.4 Å². The van der Waals surface area contributed by atoms with Crippen LogP contribution in [0.25, 0.3) is 0 Å². The van der Waals surface area contributed by atoms with E-state index in [1.165, 1.54) is 11.3 Å². The van der Waals surface area contributed by atoms with Crippen LogP contribution in [0.2, 0.25) is 0 Å². The number of hydrogen-bond donors (Lipinski definition) is 0. The molecule has 0 saturated carbocycles. The maximum absolute atomic E-state index is 11.7. The summed E-state index contributed by atoms with van der Waals surface area (Å²) in [5.41, 5.74) is 0.952. The van der Waals surface area contributed by atoms with Crippen LogP contribution in [0.4, 0.5) is 0 Å². The monoisotopic (exact) mass is 308 g/mol. The molecule has 0 saturated heterocycles. The van der Waals surface area contributed by atoms with Crippen molar-refractivity contribution >= 4 is 39.8 Å². The summed E-state index contributed by atoms with van der Waals surface area (Å²) in [7, 11) is 0. The van der Waals surface area contributed by atoms with Crippen LogP contribution in [0.1, 0.15) is 29.2 Å². The summed E-state index contributed by atoms with van der Waals surface area (Å²) in [6, 6.07) is 0.270. The Hall–Kier alpha value is -0.170. The fourth-order valence-corrected chi connectivity index (χ4v) is 3.09. The molecule has 70 valence electrons. The molecule has 2 heterocycles. The first-order valence-electron chi connectivity index (χ1n) is 4.05. The van der Waals surface area contributed by atoms with Gasteiger partial charge in [-0.05, 0) is 36.4 Å². The quantitative estimate of drug-likeness (QED) is 0.745. The van der Waals surface area contributed by atoms with Crippen LogP contribution in [-0.4, -0.2) is 21.8 Å². The van der Waals surface area contributed by atoms with Crippen LogP contribution >= 0.6 is 33.9 Å². The lowest BCUT2D eigenvalue weighted by Gasteiger charge is -2.19. The van der Waals surface area contributed by atoms with Gasteiger partial charge < -0.3 is 4.90 Å². The first-order valence-corrected chi connectivity index (χ1v) is 5.95.